The van der Waals surface area contributed by atoms with Crippen molar-refractivity contribution in [1.82, 2.24) is 15.3 Å². The van der Waals surface area contributed by atoms with Gasteiger partial charge in [0, 0.05) is 30.9 Å². The number of benzene rings is 2. The molecule has 2 N–H and O–H groups in total. The Morgan fingerprint density at radius 2 is 1.83 bits per heavy atom. The van der Waals surface area contributed by atoms with Crippen molar-refractivity contribution in [3.63, 3.8) is 0 Å². The number of nitrogens with zero attached hydrogens (tertiary/aromatic N) is 3. The fraction of sp³-hybridized carbons (Fsp3) is 0.346. The van der Waals surface area contributed by atoms with E-state index in [2.05, 4.69) is 22.5 Å². The van der Waals surface area contributed by atoms with Crippen LogP contribution in [0.2, 0.25) is 0 Å². The Morgan fingerprint density at radius 3 is 2.47 bits per heavy atom. The normalized spacial score (nSPS) is 18.9. The zero-order valence-electron chi connectivity index (χ0n) is 20.3. The molecule has 1 atom stereocenters. The molecule has 1 aromatic heterocycles. The predicted octanol–water partition coefficient (Wildman–Crippen LogP) is 3.75. The van der Waals surface area contributed by atoms with E-state index in [1.807, 2.05) is 36.4 Å². The molecule has 0 spiro atoms. The summed E-state index contributed by atoms with van der Waals surface area (Å²) in [5.41, 5.74) is 2.18. The highest BCUT2D eigenvalue weighted by molar-refractivity contribution is 7.92. The predicted molar refractivity (Wildman–Crippen MR) is 145 cm³/mol. The lowest BCUT2D eigenvalue weighted by Crippen LogP contribution is -2.44. The molecule has 5 rings (SSSR count). The Balaban J connectivity index is 1.59. The van der Waals surface area contributed by atoms with Gasteiger partial charge in [0.25, 0.3) is 0 Å². The Kier molecular flexibility index (Phi) is 6.67. The molecule has 1 saturated heterocycles. The van der Waals surface area contributed by atoms with E-state index < -0.39 is 14.6 Å². The topological polar surface area (TPSA) is 96.5 Å². The van der Waals surface area contributed by atoms with Crippen molar-refractivity contribution in [3.8, 4) is 11.4 Å². The highest BCUT2D eigenvalue weighted by atomic mass is 32.2. The minimum absolute atomic E-state index is 0.115. The summed E-state index contributed by atoms with van der Waals surface area (Å²) >= 11 is 5.18. The van der Waals surface area contributed by atoms with Crippen LogP contribution in [0, 0.1) is 0 Å². The number of nitrogens with one attached hydrogen (secondary N) is 2. The highest BCUT2D eigenvalue weighted by Gasteiger charge is 2.58. The third-order valence-corrected chi connectivity index (χ3v) is 9.59. The first kappa shape index (κ1) is 24.6. The lowest BCUT2D eigenvalue weighted by atomic mass is 10.1. The maximum atomic E-state index is 13.8. The minimum Gasteiger partial charge on any atom is -0.377 e. The Hall–Kier alpha value is -3.08. The Morgan fingerprint density at radius 1 is 1.11 bits per heavy atom. The van der Waals surface area contributed by atoms with Crippen molar-refractivity contribution >= 4 is 38.7 Å². The Bertz CT molecular complexity index is 1360. The smallest absolute Gasteiger partial charge is 0.189 e. The van der Waals surface area contributed by atoms with Gasteiger partial charge in [-0.25, -0.2) is 18.4 Å². The molecule has 1 saturated carbocycles. The van der Waals surface area contributed by atoms with E-state index in [9.17, 15) is 8.42 Å². The Labute approximate surface area is 217 Å². The fourth-order valence-electron chi connectivity index (χ4n) is 4.51. The second kappa shape index (κ2) is 9.76. The molecule has 1 aliphatic heterocycles. The van der Waals surface area contributed by atoms with E-state index in [4.69, 9.17) is 26.9 Å². The van der Waals surface area contributed by atoms with Gasteiger partial charge < -0.3 is 20.3 Å². The van der Waals surface area contributed by atoms with Crippen LogP contribution in [0.4, 0.5) is 11.5 Å². The van der Waals surface area contributed by atoms with Crippen LogP contribution in [0.25, 0.3) is 11.4 Å². The van der Waals surface area contributed by atoms with Gasteiger partial charge in [0.15, 0.2) is 20.8 Å². The third kappa shape index (κ3) is 4.56. The number of aromatic nitrogens is 2. The van der Waals surface area contributed by atoms with Crippen LogP contribution in [0.3, 0.4) is 0 Å². The van der Waals surface area contributed by atoms with Gasteiger partial charge in [-0.2, -0.15) is 0 Å². The van der Waals surface area contributed by atoms with Crippen molar-refractivity contribution < 1.29 is 13.2 Å². The first-order valence-corrected chi connectivity index (χ1v) is 13.9. The molecule has 2 aromatic carbocycles. The van der Waals surface area contributed by atoms with Crippen LogP contribution in [0.5, 0.6) is 0 Å². The largest absolute Gasteiger partial charge is 0.377 e. The maximum Gasteiger partial charge on any atom is 0.189 e. The zero-order chi connectivity index (χ0) is 25.3. The van der Waals surface area contributed by atoms with Crippen LogP contribution in [0.15, 0.2) is 65.6 Å². The van der Waals surface area contributed by atoms with Gasteiger partial charge in [-0.05, 0) is 68.4 Å². The maximum absolute atomic E-state index is 13.8. The van der Waals surface area contributed by atoms with Crippen molar-refractivity contribution in [2.75, 3.05) is 37.0 Å². The number of hydrogen-bond acceptors (Lipinski definition) is 7. The van der Waals surface area contributed by atoms with Gasteiger partial charge in [-0.15, -0.1) is 0 Å². The van der Waals surface area contributed by atoms with Gasteiger partial charge in [0.1, 0.15) is 10.6 Å². The molecular weight excluding hydrogens is 494 g/mol. The number of rotatable bonds is 6. The number of thiocarbonyl (C=S) groups is 1. The molecular formula is C26H29N5O3S2. The van der Waals surface area contributed by atoms with Crippen LogP contribution >= 0.6 is 12.2 Å². The molecule has 36 heavy (non-hydrogen) atoms. The average molecular weight is 524 g/mol. The molecule has 188 valence electrons. The number of hydrogen-bond donors (Lipinski definition) is 2. The van der Waals surface area contributed by atoms with E-state index in [0.717, 1.165) is 17.1 Å². The van der Waals surface area contributed by atoms with E-state index in [1.165, 1.54) is 0 Å². The molecule has 0 unspecified atom stereocenters. The van der Waals surface area contributed by atoms with Gasteiger partial charge >= 0.3 is 0 Å². The highest BCUT2D eigenvalue weighted by Crippen LogP contribution is 2.55. The van der Waals surface area contributed by atoms with Gasteiger partial charge in [0.05, 0.1) is 29.8 Å². The number of ether oxygens (including phenoxy) is 1. The number of anilines is 2. The molecule has 2 heterocycles. The summed E-state index contributed by atoms with van der Waals surface area (Å²) in [7, 11) is -1.87. The molecule has 1 aliphatic carbocycles. The molecule has 2 aliphatic rings. The van der Waals surface area contributed by atoms with Gasteiger partial charge in [-0.1, -0.05) is 18.2 Å². The van der Waals surface area contributed by atoms with Crippen molar-refractivity contribution in [1.29, 1.82) is 0 Å². The third-order valence-electron chi connectivity index (χ3n) is 6.74. The van der Waals surface area contributed by atoms with Gasteiger partial charge in [0.2, 0.25) is 0 Å². The molecule has 0 amide bonds. The summed E-state index contributed by atoms with van der Waals surface area (Å²) in [6, 6.07) is 18.3. The van der Waals surface area contributed by atoms with E-state index in [1.54, 1.807) is 31.3 Å². The van der Waals surface area contributed by atoms with E-state index >= 15 is 0 Å². The van der Waals surface area contributed by atoms with Crippen molar-refractivity contribution in [2.24, 2.45) is 0 Å². The SMILES string of the molecule is CNC(=S)Nc1ccc(-c2nc(N3CCOC[C@@H]3C)cc(C3(S(=O)(=O)c4ccccc4)CC3)n2)cc1. The quantitative estimate of drug-likeness (QED) is 0.468. The zero-order valence-corrected chi connectivity index (χ0v) is 21.9. The molecule has 3 aromatic rings. The average Bonchev–Trinajstić information content (AvgIpc) is 3.72. The van der Waals surface area contributed by atoms with E-state index in [0.29, 0.717) is 54.1 Å². The number of sulfone groups is 1. The molecule has 0 bridgehead atoms. The minimum atomic E-state index is -3.63. The van der Waals surface area contributed by atoms with Crippen molar-refractivity contribution in [2.45, 2.75) is 35.4 Å². The summed E-state index contributed by atoms with van der Waals surface area (Å²) in [4.78, 5) is 12.2. The summed E-state index contributed by atoms with van der Waals surface area (Å²) in [5, 5.41) is 6.51. The standard InChI is InChI=1S/C26H29N5O3S2/c1-18-17-34-15-14-31(18)23-16-22(26(12-13-26)36(32,33)21-6-4-3-5-7-21)29-24(30-23)19-8-10-20(11-9-19)28-25(35)27-2/h3-11,16,18H,12-15,17H2,1-2H3,(H2,27,28,35)/t18-/m0/s1. The fourth-order valence-corrected chi connectivity index (χ4v) is 6.61. The summed E-state index contributed by atoms with van der Waals surface area (Å²) < 4.78 is 32.1. The monoisotopic (exact) mass is 523 g/mol. The van der Waals surface area contributed by atoms with Crippen LogP contribution in [-0.2, 0) is 19.3 Å². The summed E-state index contributed by atoms with van der Waals surface area (Å²) in [6.45, 7) is 3.95. The van der Waals surface area contributed by atoms with Crippen LogP contribution in [-0.4, -0.2) is 56.3 Å². The first-order chi connectivity index (χ1) is 17.3. The number of morpholine rings is 1. The van der Waals surface area contributed by atoms with Gasteiger partial charge in [-0.3, -0.25) is 0 Å². The summed E-state index contributed by atoms with van der Waals surface area (Å²) in [6.07, 6.45) is 1.06. The lowest BCUT2D eigenvalue weighted by molar-refractivity contribution is 0.0985. The molecule has 2 fully saturated rings. The molecule has 8 nitrogen and oxygen atoms in total. The molecule has 0 radical (unpaired) electrons. The lowest BCUT2D eigenvalue weighted by Gasteiger charge is -2.34. The van der Waals surface area contributed by atoms with Crippen molar-refractivity contribution in [3.05, 3.63) is 66.4 Å². The molecule has 10 heteroatoms. The van der Waals surface area contributed by atoms with Crippen LogP contribution < -0.4 is 15.5 Å². The van der Waals surface area contributed by atoms with E-state index in [-0.39, 0.29) is 6.04 Å². The first-order valence-electron chi connectivity index (χ1n) is 12.0. The second-order valence-corrected chi connectivity index (χ2v) is 11.8. The van der Waals surface area contributed by atoms with Crippen LogP contribution in [0.1, 0.15) is 25.5 Å². The second-order valence-electron chi connectivity index (χ2n) is 9.14. The summed E-state index contributed by atoms with van der Waals surface area (Å²) in [5.74, 6) is 1.22.